The molecule has 1 aromatic rings. The fourth-order valence-electron chi connectivity index (χ4n) is 2.44. The van der Waals surface area contributed by atoms with Gasteiger partial charge in [0.05, 0.1) is 4.90 Å². The van der Waals surface area contributed by atoms with E-state index < -0.39 is 10.0 Å². The van der Waals surface area contributed by atoms with Gasteiger partial charge in [0.15, 0.2) is 0 Å². The zero-order valence-electron chi connectivity index (χ0n) is 12.7. The van der Waals surface area contributed by atoms with Crippen molar-refractivity contribution in [3.05, 3.63) is 23.8 Å². The van der Waals surface area contributed by atoms with Crippen LogP contribution in [0.3, 0.4) is 0 Å². The van der Waals surface area contributed by atoms with Crippen LogP contribution in [0.1, 0.15) is 18.9 Å². The third kappa shape index (κ3) is 3.98. The first-order valence-electron chi connectivity index (χ1n) is 6.93. The Morgan fingerprint density at radius 3 is 2.68 bits per heavy atom. The van der Waals surface area contributed by atoms with Crippen LogP contribution < -0.4 is 11.1 Å². The van der Waals surface area contributed by atoms with Crippen LogP contribution in [0.2, 0.25) is 0 Å². The van der Waals surface area contributed by atoms with E-state index in [9.17, 15) is 13.2 Å². The molecule has 3 N–H and O–H groups in total. The number of halogens is 1. The highest BCUT2D eigenvalue weighted by molar-refractivity contribution is 7.89. The van der Waals surface area contributed by atoms with Crippen LogP contribution in [-0.2, 0) is 14.8 Å². The van der Waals surface area contributed by atoms with Crippen molar-refractivity contribution in [3.8, 4) is 0 Å². The van der Waals surface area contributed by atoms with Gasteiger partial charge < -0.3 is 11.1 Å². The summed E-state index contributed by atoms with van der Waals surface area (Å²) in [4.78, 5) is 11.4. The molecule has 1 aliphatic rings. The molecule has 2 rings (SSSR count). The van der Waals surface area contributed by atoms with Crippen LogP contribution in [0.15, 0.2) is 23.1 Å². The summed E-state index contributed by atoms with van der Waals surface area (Å²) < 4.78 is 26.7. The smallest absolute Gasteiger partial charge is 0.243 e. The maximum atomic E-state index is 12.6. The Bertz CT molecular complexity index is 649. The minimum absolute atomic E-state index is 0. The highest BCUT2D eigenvalue weighted by Crippen LogP contribution is 2.27. The van der Waals surface area contributed by atoms with Crippen LogP contribution in [0.25, 0.3) is 0 Å². The van der Waals surface area contributed by atoms with Gasteiger partial charge in [-0.05, 0) is 43.5 Å². The van der Waals surface area contributed by atoms with Crippen molar-refractivity contribution >= 4 is 34.0 Å². The number of rotatable bonds is 4. The molecule has 1 atom stereocenters. The summed E-state index contributed by atoms with van der Waals surface area (Å²) in [6, 6.07) is 4.79. The maximum Gasteiger partial charge on any atom is 0.243 e. The number of benzene rings is 1. The van der Waals surface area contributed by atoms with Gasteiger partial charge in [-0.3, -0.25) is 4.79 Å². The number of nitrogens with two attached hydrogens (primary N) is 1. The minimum atomic E-state index is -3.53. The molecule has 0 bridgehead atoms. The lowest BCUT2D eigenvalue weighted by molar-refractivity contribution is -0.114. The van der Waals surface area contributed by atoms with Crippen molar-refractivity contribution in [1.29, 1.82) is 0 Å². The highest BCUT2D eigenvalue weighted by Gasteiger charge is 2.32. The lowest BCUT2D eigenvalue weighted by Crippen LogP contribution is -2.30. The third-order valence-electron chi connectivity index (χ3n) is 3.74. The lowest BCUT2D eigenvalue weighted by Gasteiger charge is -2.17. The van der Waals surface area contributed by atoms with E-state index in [1.165, 1.54) is 17.3 Å². The van der Waals surface area contributed by atoms with Crippen LogP contribution in [0.4, 0.5) is 5.69 Å². The second-order valence-electron chi connectivity index (χ2n) is 5.41. The van der Waals surface area contributed by atoms with Crippen molar-refractivity contribution in [2.24, 2.45) is 11.7 Å². The van der Waals surface area contributed by atoms with Crippen LogP contribution >= 0.6 is 12.4 Å². The molecule has 1 amide bonds. The first-order chi connectivity index (χ1) is 9.84. The zero-order valence-corrected chi connectivity index (χ0v) is 14.3. The van der Waals surface area contributed by atoms with Crippen LogP contribution in [-0.4, -0.2) is 38.3 Å². The van der Waals surface area contributed by atoms with Gasteiger partial charge >= 0.3 is 0 Å². The van der Waals surface area contributed by atoms with Crippen molar-refractivity contribution < 1.29 is 13.2 Å². The van der Waals surface area contributed by atoms with Crippen molar-refractivity contribution in [3.63, 3.8) is 0 Å². The van der Waals surface area contributed by atoms with Crippen molar-refractivity contribution in [2.45, 2.75) is 25.2 Å². The van der Waals surface area contributed by atoms with Gasteiger partial charge in [-0.1, -0.05) is 6.07 Å². The summed E-state index contributed by atoms with van der Waals surface area (Å²) >= 11 is 0. The number of nitrogens with zero attached hydrogens (tertiary/aromatic N) is 1. The second kappa shape index (κ2) is 7.41. The van der Waals surface area contributed by atoms with Crippen LogP contribution in [0.5, 0.6) is 0 Å². The number of nitrogens with one attached hydrogen (secondary N) is 1. The average molecular weight is 348 g/mol. The molecule has 0 saturated carbocycles. The quantitative estimate of drug-likeness (QED) is 0.859. The maximum absolute atomic E-state index is 12.6. The van der Waals surface area contributed by atoms with E-state index in [1.807, 2.05) is 6.92 Å². The standard InChI is InChI=1S/C14H21N3O3S.ClH/c1-10-3-4-13(7-14(10)16-11(2)18)21(19,20)17-6-5-12(8-15)9-17;/h3-4,7,12H,5-6,8-9,15H2,1-2H3,(H,16,18);1H. The lowest BCUT2D eigenvalue weighted by atomic mass is 10.1. The molecule has 124 valence electrons. The molecular formula is C14H22ClN3O3S. The Hall–Kier alpha value is -1.15. The molecule has 1 saturated heterocycles. The monoisotopic (exact) mass is 347 g/mol. The number of aryl methyl sites for hydroxylation is 1. The summed E-state index contributed by atoms with van der Waals surface area (Å²) in [6.45, 7) is 4.67. The number of anilines is 1. The highest BCUT2D eigenvalue weighted by atomic mass is 35.5. The number of carbonyl (C=O) groups excluding carboxylic acids is 1. The fraction of sp³-hybridized carbons (Fsp3) is 0.500. The fourth-order valence-corrected chi connectivity index (χ4v) is 4.00. The predicted molar refractivity (Wildman–Crippen MR) is 88.7 cm³/mol. The third-order valence-corrected chi connectivity index (χ3v) is 5.60. The van der Waals surface area contributed by atoms with Gasteiger partial charge in [-0.2, -0.15) is 4.31 Å². The molecule has 0 aliphatic carbocycles. The SMILES string of the molecule is CC(=O)Nc1cc(S(=O)(=O)N2CCC(CN)C2)ccc1C.Cl. The van der Waals surface area contributed by atoms with E-state index in [1.54, 1.807) is 12.1 Å². The Labute approximate surface area is 137 Å². The van der Waals surface area contributed by atoms with E-state index in [2.05, 4.69) is 5.32 Å². The molecular weight excluding hydrogens is 326 g/mol. The number of hydrogen-bond acceptors (Lipinski definition) is 4. The van der Waals surface area contributed by atoms with Crippen LogP contribution in [0, 0.1) is 12.8 Å². The Morgan fingerprint density at radius 2 is 2.14 bits per heavy atom. The molecule has 1 unspecified atom stereocenters. The first kappa shape index (κ1) is 18.9. The average Bonchev–Trinajstić information content (AvgIpc) is 2.90. The molecule has 1 heterocycles. The topological polar surface area (TPSA) is 92.5 Å². The predicted octanol–water partition coefficient (Wildman–Crippen LogP) is 1.34. The number of carbonyl (C=O) groups is 1. The van der Waals surface area contributed by atoms with E-state index in [0.717, 1.165) is 12.0 Å². The minimum Gasteiger partial charge on any atom is -0.330 e. The zero-order chi connectivity index (χ0) is 15.6. The molecule has 22 heavy (non-hydrogen) atoms. The van der Waals surface area contributed by atoms with Gasteiger partial charge in [-0.25, -0.2) is 8.42 Å². The molecule has 0 aromatic heterocycles. The van der Waals surface area contributed by atoms with Gasteiger partial charge in [0, 0.05) is 25.7 Å². The molecule has 0 radical (unpaired) electrons. The summed E-state index contributed by atoms with van der Waals surface area (Å²) in [5, 5.41) is 2.65. The molecule has 0 spiro atoms. The second-order valence-corrected chi connectivity index (χ2v) is 7.35. The molecule has 1 aromatic carbocycles. The Morgan fingerprint density at radius 1 is 1.45 bits per heavy atom. The van der Waals surface area contributed by atoms with E-state index in [-0.39, 0.29) is 29.1 Å². The molecule has 8 heteroatoms. The first-order valence-corrected chi connectivity index (χ1v) is 8.37. The van der Waals surface area contributed by atoms with Gasteiger partial charge in [0.2, 0.25) is 15.9 Å². The van der Waals surface area contributed by atoms with E-state index in [4.69, 9.17) is 5.73 Å². The number of hydrogen-bond donors (Lipinski definition) is 2. The summed E-state index contributed by atoms with van der Waals surface area (Å²) in [6.07, 6.45) is 0.792. The summed E-state index contributed by atoms with van der Waals surface area (Å²) in [7, 11) is -3.53. The van der Waals surface area contributed by atoms with Gasteiger partial charge in [0.1, 0.15) is 0 Å². The van der Waals surface area contributed by atoms with Gasteiger partial charge in [0.25, 0.3) is 0 Å². The van der Waals surface area contributed by atoms with E-state index >= 15 is 0 Å². The summed E-state index contributed by atoms with van der Waals surface area (Å²) in [5.41, 5.74) is 6.96. The van der Waals surface area contributed by atoms with Crippen molar-refractivity contribution in [1.82, 2.24) is 4.31 Å². The largest absolute Gasteiger partial charge is 0.330 e. The number of amides is 1. The Balaban J connectivity index is 0.00000242. The van der Waals surface area contributed by atoms with E-state index in [0.29, 0.717) is 25.3 Å². The normalized spacial score (nSPS) is 18.8. The van der Waals surface area contributed by atoms with Crippen molar-refractivity contribution in [2.75, 3.05) is 25.0 Å². The Kier molecular flexibility index (Phi) is 6.37. The molecule has 1 fully saturated rings. The van der Waals surface area contributed by atoms with Gasteiger partial charge in [-0.15, -0.1) is 12.4 Å². The number of sulfonamides is 1. The summed E-state index contributed by atoms with van der Waals surface area (Å²) in [5.74, 6) is -0.00273. The molecule has 1 aliphatic heterocycles. The molecule has 6 nitrogen and oxygen atoms in total.